The van der Waals surface area contributed by atoms with Crippen LogP contribution in [0.2, 0.25) is 0 Å². The molecule has 0 radical (unpaired) electrons. The van der Waals surface area contributed by atoms with Gasteiger partial charge in [0, 0.05) is 0 Å². The molecule has 0 aliphatic rings. The molecule has 0 aliphatic carbocycles. The van der Waals surface area contributed by atoms with Gasteiger partial charge < -0.3 is 14.6 Å². The Morgan fingerprint density at radius 3 is 1.63 bits per heavy atom. The molecular weight excluding hydrogens is 372 g/mol. The summed E-state index contributed by atoms with van der Waals surface area (Å²) < 4.78 is 11.7. The number of hydrogen-bond donors (Lipinski definition) is 1. The number of hydrogen-bond acceptors (Lipinski definition) is 3. The molecule has 0 aromatic carbocycles. The zero-order valence-electron chi connectivity index (χ0n) is 20.6. The third-order valence-corrected chi connectivity index (χ3v) is 5.83. The summed E-state index contributed by atoms with van der Waals surface area (Å²) in [6, 6.07) is 0. The van der Waals surface area contributed by atoms with E-state index >= 15 is 0 Å². The molecule has 3 nitrogen and oxygen atoms in total. The van der Waals surface area contributed by atoms with Crippen LogP contribution in [0.4, 0.5) is 0 Å². The van der Waals surface area contributed by atoms with Crippen molar-refractivity contribution in [1.82, 2.24) is 0 Å². The van der Waals surface area contributed by atoms with Crippen LogP contribution in [0.25, 0.3) is 0 Å². The predicted octanol–water partition coefficient (Wildman–Crippen LogP) is 8.00. The number of aliphatic hydroxyl groups excluding tert-OH is 1. The third-order valence-electron chi connectivity index (χ3n) is 5.83. The minimum absolute atomic E-state index is 0.0956. The van der Waals surface area contributed by atoms with Gasteiger partial charge in [0.25, 0.3) is 0 Å². The summed E-state index contributed by atoms with van der Waals surface area (Å²) in [5.41, 5.74) is 0. The van der Waals surface area contributed by atoms with Crippen LogP contribution in [-0.4, -0.2) is 37.1 Å². The Morgan fingerprint density at radius 1 is 0.667 bits per heavy atom. The van der Waals surface area contributed by atoms with Gasteiger partial charge in [0.2, 0.25) is 0 Å². The van der Waals surface area contributed by atoms with E-state index in [4.69, 9.17) is 9.47 Å². The fourth-order valence-corrected chi connectivity index (χ4v) is 3.85. The Labute approximate surface area is 189 Å². The van der Waals surface area contributed by atoms with E-state index in [9.17, 15) is 5.11 Å². The van der Waals surface area contributed by atoms with Crippen LogP contribution in [-0.2, 0) is 9.47 Å². The van der Waals surface area contributed by atoms with Crippen LogP contribution in [0.15, 0.2) is 12.7 Å². The Morgan fingerprint density at radius 2 is 1.13 bits per heavy atom. The van der Waals surface area contributed by atoms with Gasteiger partial charge in [-0.3, -0.25) is 0 Å². The highest BCUT2D eigenvalue weighted by Gasteiger charge is 2.12. The van der Waals surface area contributed by atoms with Crippen molar-refractivity contribution in [2.45, 2.75) is 142 Å². The van der Waals surface area contributed by atoms with Crippen LogP contribution >= 0.6 is 0 Å². The average Bonchev–Trinajstić information content (AvgIpc) is 2.75. The molecule has 0 amide bonds. The number of rotatable bonds is 25. The second-order valence-corrected chi connectivity index (χ2v) is 8.96. The van der Waals surface area contributed by atoms with Crippen molar-refractivity contribution in [2.24, 2.45) is 0 Å². The van der Waals surface area contributed by atoms with E-state index in [2.05, 4.69) is 20.4 Å². The van der Waals surface area contributed by atoms with Crippen molar-refractivity contribution in [2.75, 3.05) is 19.8 Å². The lowest BCUT2D eigenvalue weighted by atomic mass is 10.1. The van der Waals surface area contributed by atoms with Crippen LogP contribution in [0.1, 0.15) is 129 Å². The van der Waals surface area contributed by atoms with E-state index < -0.39 is 0 Å². The molecule has 0 heterocycles. The summed E-state index contributed by atoms with van der Waals surface area (Å²) in [7, 11) is 0. The molecule has 30 heavy (non-hydrogen) atoms. The first-order valence-electron chi connectivity index (χ1n) is 13.2. The Bertz CT molecular complexity index is 332. The SMILES string of the molecule is C=CCOCC(CCCCCCCCCC)OCC(O)CCCCCCCCCC. The molecule has 1 N–H and O–H groups in total. The summed E-state index contributed by atoms with van der Waals surface area (Å²) in [5.74, 6) is 0. The molecule has 2 unspecified atom stereocenters. The fourth-order valence-electron chi connectivity index (χ4n) is 3.85. The molecule has 0 rings (SSSR count). The molecule has 0 aromatic heterocycles. The zero-order valence-corrected chi connectivity index (χ0v) is 20.6. The largest absolute Gasteiger partial charge is 0.391 e. The van der Waals surface area contributed by atoms with Gasteiger partial charge in [-0.05, 0) is 12.8 Å². The molecule has 3 heteroatoms. The first kappa shape index (κ1) is 29.6. The van der Waals surface area contributed by atoms with Gasteiger partial charge in [-0.15, -0.1) is 6.58 Å². The third kappa shape index (κ3) is 22.3. The highest BCUT2D eigenvalue weighted by Crippen LogP contribution is 2.14. The maximum Gasteiger partial charge on any atom is 0.0810 e. The summed E-state index contributed by atoms with van der Waals surface area (Å²) in [6.45, 7) is 9.85. The predicted molar refractivity (Wildman–Crippen MR) is 131 cm³/mol. The monoisotopic (exact) mass is 426 g/mol. The van der Waals surface area contributed by atoms with E-state index in [-0.39, 0.29) is 12.2 Å². The van der Waals surface area contributed by atoms with Crippen molar-refractivity contribution in [1.29, 1.82) is 0 Å². The van der Waals surface area contributed by atoms with E-state index in [0.717, 1.165) is 19.3 Å². The van der Waals surface area contributed by atoms with Crippen molar-refractivity contribution in [3.63, 3.8) is 0 Å². The van der Waals surface area contributed by atoms with Crippen molar-refractivity contribution in [3.8, 4) is 0 Å². The fraction of sp³-hybridized carbons (Fsp3) is 0.926. The van der Waals surface area contributed by atoms with Gasteiger partial charge in [-0.1, -0.05) is 123 Å². The normalized spacial score (nSPS) is 13.4. The first-order valence-corrected chi connectivity index (χ1v) is 13.2. The smallest absolute Gasteiger partial charge is 0.0810 e. The second kappa shape index (κ2) is 24.9. The van der Waals surface area contributed by atoms with Gasteiger partial charge in [0.15, 0.2) is 0 Å². The van der Waals surface area contributed by atoms with Gasteiger partial charge >= 0.3 is 0 Å². The van der Waals surface area contributed by atoms with Crippen LogP contribution in [0.3, 0.4) is 0 Å². The number of aliphatic hydroxyl groups is 1. The highest BCUT2D eigenvalue weighted by atomic mass is 16.5. The molecule has 180 valence electrons. The van der Waals surface area contributed by atoms with Crippen molar-refractivity contribution in [3.05, 3.63) is 12.7 Å². The summed E-state index contributed by atoms with van der Waals surface area (Å²) in [5, 5.41) is 10.3. The first-order chi connectivity index (χ1) is 14.7. The molecule has 0 bridgehead atoms. The Hall–Kier alpha value is -0.380. The highest BCUT2D eigenvalue weighted by molar-refractivity contribution is 4.66. The van der Waals surface area contributed by atoms with Crippen LogP contribution in [0, 0.1) is 0 Å². The Balaban J connectivity index is 3.79. The zero-order chi connectivity index (χ0) is 22.1. The van der Waals surface area contributed by atoms with Gasteiger partial charge in [-0.25, -0.2) is 0 Å². The molecule has 0 aliphatic heterocycles. The van der Waals surface area contributed by atoms with Gasteiger partial charge in [0.05, 0.1) is 32.0 Å². The quantitative estimate of drug-likeness (QED) is 0.119. The lowest BCUT2D eigenvalue weighted by molar-refractivity contribution is -0.0506. The van der Waals surface area contributed by atoms with Crippen molar-refractivity contribution < 1.29 is 14.6 Å². The van der Waals surface area contributed by atoms with Gasteiger partial charge in [-0.2, -0.15) is 0 Å². The molecule has 0 saturated heterocycles. The molecular formula is C27H54O3. The van der Waals surface area contributed by atoms with Crippen LogP contribution in [0.5, 0.6) is 0 Å². The minimum Gasteiger partial charge on any atom is -0.391 e. The lowest BCUT2D eigenvalue weighted by Crippen LogP contribution is -2.25. The van der Waals surface area contributed by atoms with Gasteiger partial charge in [0.1, 0.15) is 0 Å². The maximum absolute atomic E-state index is 10.3. The second-order valence-electron chi connectivity index (χ2n) is 8.96. The van der Waals surface area contributed by atoms with E-state index in [1.807, 2.05) is 0 Å². The van der Waals surface area contributed by atoms with E-state index in [1.165, 1.54) is 96.3 Å². The van der Waals surface area contributed by atoms with Crippen molar-refractivity contribution >= 4 is 0 Å². The maximum atomic E-state index is 10.3. The average molecular weight is 427 g/mol. The summed E-state index contributed by atoms with van der Waals surface area (Å²) in [4.78, 5) is 0. The summed E-state index contributed by atoms with van der Waals surface area (Å²) in [6.07, 6.45) is 24.4. The van der Waals surface area contributed by atoms with Crippen LogP contribution < -0.4 is 0 Å². The molecule has 0 aromatic rings. The molecule has 0 spiro atoms. The van der Waals surface area contributed by atoms with E-state index in [0.29, 0.717) is 19.8 Å². The molecule has 0 fully saturated rings. The number of ether oxygens (including phenoxy) is 2. The lowest BCUT2D eigenvalue weighted by Gasteiger charge is -2.20. The topological polar surface area (TPSA) is 38.7 Å². The summed E-state index contributed by atoms with van der Waals surface area (Å²) >= 11 is 0. The minimum atomic E-state index is -0.342. The molecule has 2 atom stereocenters. The molecule has 0 saturated carbocycles. The Kier molecular flexibility index (Phi) is 24.6. The number of unbranched alkanes of at least 4 members (excludes halogenated alkanes) is 14. The standard InChI is InChI=1S/C27H54O3/c1-4-7-9-11-13-15-17-19-21-26(28)24-30-27(25-29-23-6-3)22-20-18-16-14-12-10-8-5-2/h6,26-28H,3-5,7-25H2,1-2H3. The van der Waals surface area contributed by atoms with E-state index in [1.54, 1.807) is 6.08 Å².